The van der Waals surface area contributed by atoms with Gasteiger partial charge in [0.05, 0.1) is 8.07 Å². The predicted octanol–water partition coefficient (Wildman–Crippen LogP) is 2.81. The van der Waals surface area contributed by atoms with Gasteiger partial charge in [-0.15, -0.1) is 12.6 Å². The van der Waals surface area contributed by atoms with Crippen LogP contribution in [0.3, 0.4) is 0 Å². The van der Waals surface area contributed by atoms with Crippen LogP contribution in [0.2, 0.25) is 19.6 Å². The van der Waals surface area contributed by atoms with Gasteiger partial charge in [0.15, 0.2) is 0 Å². The fourth-order valence-corrected chi connectivity index (χ4v) is 2.57. The van der Waals surface area contributed by atoms with E-state index in [1.165, 1.54) is 0 Å². The second-order valence-electron chi connectivity index (χ2n) is 5.33. The minimum absolute atomic E-state index is 0.210. The maximum atomic E-state index is 11.0. The molecule has 2 nitrogen and oxygen atoms in total. The summed E-state index contributed by atoms with van der Waals surface area (Å²) in [5.41, 5.74) is 8.10. The molecule has 0 spiro atoms. The zero-order valence-corrected chi connectivity index (χ0v) is 12.1. The molecular weight excluding hydrogens is 234 g/mol. The molecule has 1 aromatic rings. The van der Waals surface area contributed by atoms with Gasteiger partial charge < -0.3 is 5.73 Å². The van der Waals surface area contributed by atoms with Crippen molar-refractivity contribution < 1.29 is 4.79 Å². The third-order valence-corrected chi connectivity index (χ3v) is 6.95. The summed E-state index contributed by atoms with van der Waals surface area (Å²) < 4.78 is 0. The maximum Gasteiger partial charge on any atom is 0.216 e. The summed E-state index contributed by atoms with van der Waals surface area (Å²) in [7, 11) is -1.50. The Morgan fingerprint density at radius 1 is 1.25 bits per heavy atom. The van der Waals surface area contributed by atoms with Gasteiger partial charge in [0.25, 0.3) is 0 Å². The highest BCUT2D eigenvalue weighted by molar-refractivity contribution is 7.97. The standard InChI is InChI=1S/C12H19NOSSi/c1-12(13,16(2,3)4)10-7-5-9(6-8-10)11(14)15/h5-8H,13H2,1-4H3,(H,14,15). The Balaban J connectivity index is 3.11. The molecule has 0 fully saturated rings. The van der Waals surface area contributed by atoms with E-state index in [1.54, 1.807) is 12.1 Å². The van der Waals surface area contributed by atoms with Gasteiger partial charge in [0.2, 0.25) is 5.12 Å². The molecule has 0 radical (unpaired) electrons. The zero-order chi connectivity index (χ0) is 12.6. The molecular formula is C12H19NOSSi. The minimum Gasteiger partial charge on any atom is -0.324 e. The van der Waals surface area contributed by atoms with E-state index in [1.807, 2.05) is 12.1 Å². The molecule has 0 aromatic heterocycles. The summed E-state index contributed by atoms with van der Waals surface area (Å²) in [6.07, 6.45) is 0. The molecule has 16 heavy (non-hydrogen) atoms. The Kier molecular flexibility index (Phi) is 3.67. The SMILES string of the molecule is CC(N)(c1ccc(C(=O)S)cc1)[Si](C)(C)C. The van der Waals surface area contributed by atoms with E-state index in [0.717, 1.165) is 5.56 Å². The Morgan fingerprint density at radius 3 is 2.00 bits per heavy atom. The van der Waals surface area contributed by atoms with Crippen molar-refractivity contribution in [1.29, 1.82) is 0 Å². The van der Waals surface area contributed by atoms with Crippen molar-refractivity contribution in [2.75, 3.05) is 0 Å². The van der Waals surface area contributed by atoms with Gasteiger partial charge in [-0.1, -0.05) is 43.9 Å². The molecule has 0 aliphatic heterocycles. The summed E-state index contributed by atoms with van der Waals surface area (Å²) in [5.74, 6) is 0. The van der Waals surface area contributed by atoms with Gasteiger partial charge >= 0.3 is 0 Å². The number of carbonyl (C=O) groups is 1. The van der Waals surface area contributed by atoms with E-state index in [0.29, 0.717) is 5.56 Å². The first-order valence-corrected chi connectivity index (χ1v) is 9.23. The molecule has 1 rings (SSSR count). The van der Waals surface area contributed by atoms with E-state index in [2.05, 4.69) is 39.2 Å². The fourth-order valence-electron chi connectivity index (χ4n) is 1.39. The smallest absolute Gasteiger partial charge is 0.216 e. The van der Waals surface area contributed by atoms with Crippen LogP contribution in [0.25, 0.3) is 0 Å². The largest absolute Gasteiger partial charge is 0.324 e. The lowest BCUT2D eigenvalue weighted by Gasteiger charge is -2.37. The Hall–Kier alpha value is -0.583. The summed E-state index contributed by atoms with van der Waals surface area (Å²) in [6, 6.07) is 7.44. The van der Waals surface area contributed by atoms with Crippen molar-refractivity contribution in [2.24, 2.45) is 5.73 Å². The summed E-state index contributed by atoms with van der Waals surface area (Å²) >= 11 is 3.79. The van der Waals surface area contributed by atoms with Crippen LogP contribution in [0.1, 0.15) is 22.8 Å². The van der Waals surface area contributed by atoms with Crippen molar-refractivity contribution in [1.82, 2.24) is 0 Å². The van der Waals surface area contributed by atoms with Gasteiger partial charge in [0.1, 0.15) is 0 Å². The first kappa shape index (κ1) is 13.5. The first-order valence-electron chi connectivity index (χ1n) is 5.29. The normalized spacial score (nSPS) is 15.6. The van der Waals surface area contributed by atoms with Crippen LogP contribution in [-0.2, 0) is 5.16 Å². The maximum absolute atomic E-state index is 11.0. The van der Waals surface area contributed by atoms with Gasteiger partial charge in [-0.3, -0.25) is 4.79 Å². The van der Waals surface area contributed by atoms with Crippen molar-refractivity contribution in [3.8, 4) is 0 Å². The molecule has 0 bridgehead atoms. The number of thiol groups is 1. The number of hydrogen-bond donors (Lipinski definition) is 2. The number of benzene rings is 1. The molecule has 2 N–H and O–H groups in total. The predicted molar refractivity (Wildman–Crippen MR) is 74.6 cm³/mol. The van der Waals surface area contributed by atoms with Gasteiger partial charge in [0, 0.05) is 10.7 Å². The topological polar surface area (TPSA) is 43.1 Å². The highest BCUT2D eigenvalue weighted by Gasteiger charge is 2.36. The average Bonchev–Trinajstić information content (AvgIpc) is 2.16. The lowest BCUT2D eigenvalue weighted by atomic mass is 10.1. The lowest BCUT2D eigenvalue weighted by Crippen LogP contribution is -2.54. The average molecular weight is 253 g/mol. The Morgan fingerprint density at radius 2 is 1.69 bits per heavy atom. The third kappa shape index (κ3) is 2.56. The van der Waals surface area contributed by atoms with E-state index in [-0.39, 0.29) is 10.3 Å². The van der Waals surface area contributed by atoms with Crippen molar-refractivity contribution in [3.63, 3.8) is 0 Å². The number of rotatable bonds is 3. The third-order valence-electron chi connectivity index (χ3n) is 3.29. The molecule has 0 saturated heterocycles. The Bertz CT molecular complexity index is 392. The van der Waals surface area contributed by atoms with Gasteiger partial charge in [-0.2, -0.15) is 0 Å². The molecule has 0 saturated carbocycles. The molecule has 88 valence electrons. The lowest BCUT2D eigenvalue weighted by molar-refractivity contribution is 0.109. The van der Waals surface area contributed by atoms with E-state index in [9.17, 15) is 4.79 Å². The Labute approximate surface area is 104 Å². The molecule has 0 amide bonds. The number of nitrogens with two attached hydrogens (primary N) is 1. The van der Waals surface area contributed by atoms with Crippen LogP contribution in [0, 0.1) is 0 Å². The van der Waals surface area contributed by atoms with Crippen molar-refractivity contribution in [2.45, 2.75) is 31.7 Å². The molecule has 4 heteroatoms. The van der Waals surface area contributed by atoms with Crippen LogP contribution in [0.5, 0.6) is 0 Å². The van der Waals surface area contributed by atoms with Crippen LogP contribution >= 0.6 is 12.6 Å². The zero-order valence-electron chi connectivity index (χ0n) is 10.2. The van der Waals surface area contributed by atoms with Crippen LogP contribution < -0.4 is 5.73 Å². The molecule has 1 aromatic carbocycles. The molecule has 0 heterocycles. The minimum atomic E-state index is -1.50. The number of carbonyl (C=O) groups excluding carboxylic acids is 1. The van der Waals surface area contributed by atoms with E-state index < -0.39 is 8.07 Å². The molecule has 0 aliphatic carbocycles. The van der Waals surface area contributed by atoms with Crippen molar-refractivity contribution >= 4 is 25.8 Å². The highest BCUT2D eigenvalue weighted by atomic mass is 32.1. The highest BCUT2D eigenvalue weighted by Crippen LogP contribution is 2.28. The van der Waals surface area contributed by atoms with Crippen LogP contribution in [0.15, 0.2) is 24.3 Å². The van der Waals surface area contributed by atoms with Crippen LogP contribution in [-0.4, -0.2) is 13.2 Å². The van der Waals surface area contributed by atoms with Crippen LogP contribution in [0.4, 0.5) is 0 Å². The summed E-state index contributed by atoms with van der Waals surface area (Å²) in [6.45, 7) is 8.79. The second-order valence-corrected chi connectivity index (χ2v) is 11.3. The number of hydrogen-bond acceptors (Lipinski definition) is 2. The van der Waals surface area contributed by atoms with Gasteiger partial charge in [-0.25, -0.2) is 0 Å². The fraction of sp³-hybridized carbons (Fsp3) is 0.417. The van der Waals surface area contributed by atoms with Gasteiger partial charge in [-0.05, 0) is 12.5 Å². The summed E-state index contributed by atoms with van der Waals surface area (Å²) in [5, 5.41) is -0.496. The second kappa shape index (κ2) is 4.35. The van der Waals surface area contributed by atoms with E-state index in [4.69, 9.17) is 5.73 Å². The molecule has 0 aliphatic rings. The molecule has 1 unspecified atom stereocenters. The first-order chi connectivity index (χ1) is 7.16. The van der Waals surface area contributed by atoms with Crippen molar-refractivity contribution in [3.05, 3.63) is 35.4 Å². The van der Waals surface area contributed by atoms with E-state index >= 15 is 0 Å². The quantitative estimate of drug-likeness (QED) is 0.642. The summed E-state index contributed by atoms with van der Waals surface area (Å²) in [4.78, 5) is 11.0. The monoisotopic (exact) mass is 253 g/mol. The molecule has 1 atom stereocenters.